The number of hydrogen-bond donors (Lipinski definition) is 1. The largest absolute Gasteiger partial charge is 0.388 e. The zero-order chi connectivity index (χ0) is 13.9. The molecule has 0 unspecified atom stereocenters. The summed E-state index contributed by atoms with van der Waals surface area (Å²) in [5.74, 6) is 0. The maximum absolute atomic E-state index is 10.6. The summed E-state index contributed by atoms with van der Waals surface area (Å²) in [6.07, 6.45) is 1.52. The molecule has 1 atom stereocenters. The molecule has 2 aliphatic rings. The van der Waals surface area contributed by atoms with Crippen LogP contribution >= 0.6 is 0 Å². The third kappa shape index (κ3) is 4.39. The lowest BCUT2D eigenvalue weighted by Gasteiger charge is -2.46. The first-order valence-corrected chi connectivity index (χ1v) is 7.12. The summed E-state index contributed by atoms with van der Waals surface area (Å²) in [4.78, 5) is 2.30. The van der Waals surface area contributed by atoms with Crippen LogP contribution in [0.2, 0.25) is 0 Å². The van der Waals surface area contributed by atoms with E-state index >= 15 is 0 Å². The lowest BCUT2D eigenvalue weighted by Crippen LogP contribution is -2.58. The summed E-state index contributed by atoms with van der Waals surface area (Å²) in [7, 11) is 1.70. The summed E-state index contributed by atoms with van der Waals surface area (Å²) in [5.41, 5.74) is -0.799. The van der Waals surface area contributed by atoms with Gasteiger partial charge in [-0.3, -0.25) is 4.90 Å². The minimum atomic E-state index is -0.608. The second-order valence-corrected chi connectivity index (χ2v) is 6.46. The molecule has 2 fully saturated rings. The number of hydrogen-bond acceptors (Lipinski definition) is 5. The fraction of sp³-hybridized carbons (Fsp3) is 1.00. The van der Waals surface area contributed by atoms with Crippen LogP contribution in [0.4, 0.5) is 0 Å². The number of methoxy groups -OCH3 is 1. The van der Waals surface area contributed by atoms with Crippen LogP contribution < -0.4 is 0 Å². The van der Waals surface area contributed by atoms with Gasteiger partial charge >= 0.3 is 0 Å². The number of β-amino-alcohol motifs (C(OH)–C–C–N with tert-alkyl or cyclic N) is 1. The Morgan fingerprint density at radius 1 is 1.32 bits per heavy atom. The third-order valence-corrected chi connectivity index (χ3v) is 3.85. The van der Waals surface area contributed by atoms with E-state index in [0.29, 0.717) is 26.4 Å². The molecule has 1 N–H and O–H groups in total. The van der Waals surface area contributed by atoms with E-state index in [1.165, 1.54) is 0 Å². The van der Waals surface area contributed by atoms with Gasteiger partial charge in [0.1, 0.15) is 0 Å². The molecule has 0 saturated carbocycles. The van der Waals surface area contributed by atoms with Crippen molar-refractivity contribution in [3.05, 3.63) is 0 Å². The maximum Gasteiger partial charge on any atom is 0.0942 e. The monoisotopic (exact) mass is 273 g/mol. The number of ether oxygens (including phenoxy) is 3. The number of morpholine rings is 1. The predicted molar refractivity (Wildman–Crippen MR) is 72.3 cm³/mol. The maximum atomic E-state index is 10.6. The van der Waals surface area contributed by atoms with Crippen molar-refractivity contribution in [1.82, 2.24) is 4.90 Å². The van der Waals surface area contributed by atoms with E-state index in [4.69, 9.17) is 14.2 Å². The topological polar surface area (TPSA) is 51.2 Å². The average Bonchev–Trinajstić information content (AvgIpc) is 2.27. The van der Waals surface area contributed by atoms with E-state index < -0.39 is 5.60 Å². The molecule has 0 radical (unpaired) electrons. The number of rotatable bonds is 4. The molecule has 112 valence electrons. The van der Waals surface area contributed by atoms with E-state index in [0.717, 1.165) is 25.9 Å². The van der Waals surface area contributed by atoms with Crippen molar-refractivity contribution in [2.24, 2.45) is 0 Å². The fourth-order valence-electron chi connectivity index (χ4n) is 3.14. The van der Waals surface area contributed by atoms with Gasteiger partial charge in [0.25, 0.3) is 0 Å². The Hall–Kier alpha value is -0.200. The van der Waals surface area contributed by atoms with Crippen molar-refractivity contribution < 1.29 is 19.3 Å². The summed E-state index contributed by atoms with van der Waals surface area (Å²) in [6, 6.07) is 0. The first-order valence-electron chi connectivity index (χ1n) is 7.12. The van der Waals surface area contributed by atoms with Gasteiger partial charge < -0.3 is 19.3 Å². The fourth-order valence-corrected chi connectivity index (χ4v) is 3.14. The number of aliphatic hydroxyl groups is 1. The summed E-state index contributed by atoms with van der Waals surface area (Å²) in [5, 5.41) is 10.6. The van der Waals surface area contributed by atoms with Crippen molar-refractivity contribution in [3.8, 4) is 0 Å². The Morgan fingerprint density at radius 2 is 2.00 bits per heavy atom. The van der Waals surface area contributed by atoms with E-state index in [2.05, 4.69) is 18.7 Å². The molecule has 0 aliphatic carbocycles. The van der Waals surface area contributed by atoms with E-state index in [-0.39, 0.29) is 11.7 Å². The van der Waals surface area contributed by atoms with Crippen molar-refractivity contribution in [1.29, 1.82) is 0 Å². The highest BCUT2D eigenvalue weighted by Gasteiger charge is 2.38. The molecule has 2 saturated heterocycles. The van der Waals surface area contributed by atoms with Crippen LogP contribution in [0, 0.1) is 0 Å². The molecule has 0 aromatic carbocycles. The Balaban J connectivity index is 1.94. The third-order valence-electron chi connectivity index (χ3n) is 3.85. The molecule has 0 aromatic heterocycles. The van der Waals surface area contributed by atoms with Gasteiger partial charge in [-0.2, -0.15) is 0 Å². The molecule has 5 heteroatoms. The highest BCUT2D eigenvalue weighted by molar-refractivity contribution is 4.90. The molecule has 0 amide bonds. The molecule has 0 bridgehead atoms. The van der Waals surface area contributed by atoms with Gasteiger partial charge in [0.05, 0.1) is 23.9 Å². The molecule has 2 rings (SSSR count). The summed E-state index contributed by atoms with van der Waals surface area (Å²) in [6.45, 7) is 8.46. The van der Waals surface area contributed by atoms with Crippen molar-refractivity contribution >= 4 is 0 Å². The molecule has 5 nitrogen and oxygen atoms in total. The Labute approximate surface area is 115 Å². The van der Waals surface area contributed by atoms with Crippen molar-refractivity contribution in [3.63, 3.8) is 0 Å². The van der Waals surface area contributed by atoms with E-state index in [9.17, 15) is 5.11 Å². The summed E-state index contributed by atoms with van der Waals surface area (Å²) < 4.78 is 16.5. The van der Waals surface area contributed by atoms with Crippen LogP contribution in [0.3, 0.4) is 0 Å². The second kappa shape index (κ2) is 6.06. The van der Waals surface area contributed by atoms with Gasteiger partial charge in [0.2, 0.25) is 0 Å². The molecule has 0 spiro atoms. The average molecular weight is 273 g/mol. The van der Waals surface area contributed by atoms with Gasteiger partial charge in [0, 0.05) is 52.8 Å². The Bertz CT molecular complexity index is 289. The normalized spacial score (nSPS) is 31.3. The molecule has 2 heterocycles. The van der Waals surface area contributed by atoms with E-state index in [1.807, 2.05) is 0 Å². The highest BCUT2D eigenvalue weighted by atomic mass is 16.5. The lowest BCUT2D eigenvalue weighted by molar-refractivity contribution is -0.168. The smallest absolute Gasteiger partial charge is 0.0942 e. The van der Waals surface area contributed by atoms with Gasteiger partial charge in [-0.25, -0.2) is 0 Å². The SMILES string of the molecule is COC[C@@H]1CN(CC2(O)CCOCC2)CC(C)(C)O1. The molecule has 0 aromatic rings. The van der Waals surface area contributed by atoms with Gasteiger partial charge in [-0.05, 0) is 13.8 Å². The molecular weight excluding hydrogens is 246 g/mol. The van der Waals surface area contributed by atoms with Crippen LogP contribution in [-0.4, -0.2) is 73.9 Å². The Kier molecular flexibility index (Phi) is 4.84. The zero-order valence-electron chi connectivity index (χ0n) is 12.4. The van der Waals surface area contributed by atoms with Crippen LogP contribution in [0.5, 0.6) is 0 Å². The van der Waals surface area contributed by atoms with Crippen LogP contribution in [-0.2, 0) is 14.2 Å². The number of nitrogens with zero attached hydrogens (tertiary/aromatic N) is 1. The Morgan fingerprint density at radius 3 is 2.63 bits per heavy atom. The van der Waals surface area contributed by atoms with Crippen LogP contribution in [0.1, 0.15) is 26.7 Å². The van der Waals surface area contributed by atoms with Gasteiger partial charge in [-0.15, -0.1) is 0 Å². The predicted octanol–water partition coefficient (Wildman–Crippen LogP) is 0.654. The minimum Gasteiger partial charge on any atom is -0.388 e. The van der Waals surface area contributed by atoms with Crippen LogP contribution in [0.25, 0.3) is 0 Å². The van der Waals surface area contributed by atoms with E-state index in [1.54, 1.807) is 7.11 Å². The molecular formula is C14H27NO4. The second-order valence-electron chi connectivity index (χ2n) is 6.46. The minimum absolute atomic E-state index is 0.0807. The van der Waals surface area contributed by atoms with Crippen LogP contribution in [0.15, 0.2) is 0 Å². The highest BCUT2D eigenvalue weighted by Crippen LogP contribution is 2.26. The lowest BCUT2D eigenvalue weighted by atomic mass is 9.92. The molecule has 2 aliphatic heterocycles. The van der Waals surface area contributed by atoms with Gasteiger partial charge in [-0.1, -0.05) is 0 Å². The zero-order valence-corrected chi connectivity index (χ0v) is 12.4. The first-order chi connectivity index (χ1) is 8.92. The summed E-state index contributed by atoms with van der Waals surface area (Å²) >= 11 is 0. The standard InChI is InChI=1S/C14H27NO4/c1-13(2)10-15(8-12(19-13)9-17-3)11-14(16)4-6-18-7-5-14/h12,16H,4-11H2,1-3H3/t12-/m0/s1. The first kappa shape index (κ1) is 15.2. The van der Waals surface area contributed by atoms with Gasteiger partial charge in [0.15, 0.2) is 0 Å². The van der Waals surface area contributed by atoms with Crippen molar-refractivity contribution in [2.75, 3.05) is 46.6 Å². The van der Waals surface area contributed by atoms with Crippen molar-refractivity contribution in [2.45, 2.75) is 44.0 Å². The molecule has 19 heavy (non-hydrogen) atoms. The quantitative estimate of drug-likeness (QED) is 0.815.